The first-order valence-corrected chi connectivity index (χ1v) is 25.4. The topological polar surface area (TPSA) is 289 Å². The van der Waals surface area contributed by atoms with Gasteiger partial charge in [0.15, 0.2) is 11.5 Å². The van der Waals surface area contributed by atoms with Crippen LogP contribution in [0.2, 0.25) is 0 Å². The first-order chi connectivity index (χ1) is 34.5. The Morgan fingerprint density at radius 2 is 1.52 bits per heavy atom. The van der Waals surface area contributed by atoms with E-state index in [0.717, 1.165) is 36.1 Å². The number of aryl methyl sites for hydroxylation is 1. The maximum Gasteiger partial charge on any atom is 0.295 e. The lowest BCUT2D eigenvalue weighted by Crippen LogP contribution is -2.33. The molecule has 4 aromatic carbocycles. The number of pyridine rings is 3. The second kappa shape index (κ2) is 23.2. The molecule has 0 unspecified atom stereocenters. The van der Waals surface area contributed by atoms with Gasteiger partial charge >= 0.3 is 0 Å². The molecule has 5 heterocycles. The van der Waals surface area contributed by atoms with Gasteiger partial charge < -0.3 is 44.8 Å². The summed E-state index contributed by atoms with van der Waals surface area (Å²) >= 11 is 0. The van der Waals surface area contributed by atoms with Crippen LogP contribution in [-0.2, 0) is 41.0 Å². The number of nitrogens with two attached hydrogens (primary N) is 1. The molecule has 19 nitrogen and oxygen atoms in total. The van der Waals surface area contributed by atoms with Crippen LogP contribution in [0.3, 0.4) is 0 Å². The molecule has 73 heavy (non-hydrogen) atoms. The van der Waals surface area contributed by atoms with Gasteiger partial charge in [0.25, 0.3) is 26.1 Å². The van der Waals surface area contributed by atoms with Crippen molar-refractivity contribution in [2.24, 2.45) is 5.92 Å². The van der Waals surface area contributed by atoms with E-state index in [-0.39, 0.29) is 45.0 Å². The van der Waals surface area contributed by atoms with Crippen LogP contribution in [0.1, 0.15) is 28.8 Å². The molecule has 2 aliphatic heterocycles. The Kier molecular flexibility index (Phi) is 17.0. The van der Waals surface area contributed by atoms with E-state index in [0.29, 0.717) is 86.0 Å². The van der Waals surface area contributed by atoms with Crippen molar-refractivity contribution < 1.29 is 64.3 Å². The number of nitrogen functional groups attached to an aromatic ring is 1. The van der Waals surface area contributed by atoms with Gasteiger partial charge in [0.2, 0.25) is 5.43 Å². The van der Waals surface area contributed by atoms with Crippen molar-refractivity contribution in [3.8, 4) is 45.0 Å². The van der Waals surface area contributed by atoms with Crippen molar-refractivity contribution >= 4 is 48.4 Å². The van der Waals surface area contributed by atoms with Crippen molar-refractivity contribution in [1.82, 2.24) is 14.5 Å². The largest absolute Gasteiger partial charge is 0.493 e. The lowest BCUT2D eigenvalue weighted by Gasteiger charge is -2.23. The molecule has 7 aromatic rings. The average molecular weight is 1040 g/mol. The number of halogens is 1. The van der Waals surface area contributed by atoms with Gasteiger partial charge in [0, 0.05) is 77.7 Å². The number of nitrogens with one attached hydrogen (secondary N) is 1. The zero-order valence-corrected chi connectivity index (χ0v) is 41.1. The van der Waals surface area contributed by atoms with E-state index >= 15 is 4.39 Å². The third-order valence-corrected chi connectivity index (χ3v) is 13.8. The van der Waals surface area contributed by atoms with E-state index in [4.69, 9.17) is 38.5 Å². The molecule has 2 aliphatic rings. The van der Waals surface area contributed by atoms with Crippen LogP contribution >= 0.6 is 0 Å². The van der Waals surface area contributed by atoms with Gasteiger partial charge in [-0.3, -0.25) is 23.7 Å². The van der Waals surface area contributed by atoms with Gasteiger partial charge in [-0.2, -0.15) is 16.8 Å². The van der Waals surface area contributed by atoms with E-state index in [9.17, 15) is 26.4 Å². The molecule has 2 saturated heterocycles. The predicted molar refractivity (Wildman–Crippen MR) is 269 cm³/mol. The van der Waals surface area contributed by atoms with Crippen molar-refractivity contribution in [2.45, 2.75) is 42.2 Å². The lowest BCUT2D eigenvalue weighted by atomic mass is 9.99. The van der Waals surface area contributed by atoms with E-state index in [1.165, 1.54) is 36.4 Å². The van der Waals surface area contributed by atoms with Crippen LogP contribution in [0.15, 0.2) is 130 Å². The molecule has 0 bridgehead atoms. The molecule has 22 heteroatoms. The summed E-state index contributed by atoms with van der Waals surface area (Å²) in [5.41, 5.74) is 9.58. The molecular formula is C51H52FN5O14S2. The van der Waals surface area contributed by atoms with Crippen LogP contribution in [0.25, 0.3) is 44.3 Å². The van der Waals surface area contributed by atoms with E-state index in [2.05, 4.69) is 15.3 Å². The quantitative estimate of drug-likeness (QED) is 0.0878. The Morgan fingerprint density at radius 1 is 0.808 bits per heavy atom. The molecule has 2 fully saturated rings. The first-order valence-electron chi connectivity index (χ1n) is 22.6. The summed E-state index contributed by atoms with van der Waals surface area (Å²) < 4.78 is 109. The van der Waals surface area contributed by atoms with Crippen molar-refractivity contribution in [2.75, 3.05) is 57.8 Å². The minimum Gasteiger partial charge on any atom is -0.493 e. The average Bonchev–Trinajstić information content (AvgIpc) is 3.36. The molecule has 7 N–H and O–H groups in total. The van der Waals surface area contributed by atoms with E-state index < -0.39 is 47.2 Å². The number of methoxy groups -OCH3 is 1. The molecule has 0 radical (unpaired) electrons. The molecule has 0 saturated carbocycles. The number of hydrogen-bond acceptors (Lipinski definition) is 14. The molecule has 3 aromatic heterocycles. The molecular weight excluding hydrogens is 990 g/mol. The fourth-order valence-corrected chi connectivity index (χ4v) is 9.69. The number of carbonyl (C=O) groups is 1. The van der Waals surface area contributed by atoms with E-state index in [1.54, 1.807) is 62.2 Å². The maximum atomic E-state index is 15.9. The highest BCUT2D eigenvalue weighted by Gasteiger charge is 2.23. The van der Waals surface area contributed by atoms with Gasteiger partial charge in [0.05, 0.1) is 38.2 Å². The summed E-state index contributed by atoms with van der Waals surface area (Å²) in [6.07, 6.45) is 8.17. The normalized spacial score (nSPS) is 15.1. The predicted octanol–water partition coefficient (Wildman–Crippen LogP) is 6.66. The Hall–Kier alpha value is -7.15. The third-order valence-electron chi connectivity index (χ3n) is 12.0. The second-order valence-corrected chi connectivity index (χ2v) is 19.8. The number of nitrogens with zero attached hydrogens (tertiary/aromatic N) is 3. The molecule has 1 amide bonds. The number of rotatable bonds is 13. The van der Waals surface area contributed by atoms with Crippen LogP contribution in [0.5, 0.6) is 11.5 Å². The Labute approximate surface area is 419 Å². The van der Waals surface area contributed by atoms with Crippen molar-refractivity contribution in [3.05, 3.63) is 143 Å². The number of benzene rings is 4. The van der Waals surface area contributed by atoms with Crippen molar-refractivity contribution in [3.63, 3.8) is 0 Å². The molecule has 1 atom stereocenters. The van der Waals surface area contributed by atoms with Crippen LogP contribution in [0.4, 0.5) is 15.9 Å². The Balaban J connectivity index is 0.000000346. The number of amides is 1. The van der Waals surface area contributed by atoms with Crippen LogP contribution in [-0.4, -0.2) is 105 Å². The lowest BCUT2D eigenvalue weighted by molar-refractivity contribution is -0.101. The Morgan fingerprint density at radius 3 is 2.14 bits per heavy atom. The highest BCUT2D eigenvalue weighted by atomic mass is 32.2. The summed E-state index contributed by atoms with van der Waals surface area (Å²) in [4.78, 5) is 35.4. The zero-order chi connectivity index (χ0) is 51.2. The highest BCUT2D eigenvalue weighted by molar-refractivity contribution is 7.86. The number of anilines is 2. The maximum absolute atomic E-state index is 15.9. The SMILES string of the molecule is COc1cc(-c2cnc(N)c(-c3ccc(NC(=O)c4cn(CC5CCOCC5)cc(-c5ccc(C)cn5)c4=O)cc3F)c2)ccc1OC[C@H]1COCCO1.O.O=S(=O)(O)c1cccc2c(S(=O)(=O)O)cccc12. The van der Waals surface area contributed by atoms with E-state index in [1.807, 2.05) is 23.6 Å². The second-order valence-electron chi connectivity index (χ2n) is 17.0. The first kappa shape index (κ1) is 53.6. The fraction of sp³-hybridized carbons (Fsp3) is 0.255. The van der Waals surface area contributed by atoms with Gasteiger partial charge in [-0.1, -0.05) is 36.4 Å². The van der Waals surface area contributed by atoms with Gasteiger partial charge in [0.1, 0.15) is 39.7 Å². The third kappa shape index (κ3) is 12.9. The smallest absolute Gasteiger partial charge is 0.295 e. The minimum atomic E-state index is -4.47. The number of ether oxygens (including phenoxy) is 5. The number of aromatic nitrogens is 3. The van der Waals surface area contributed by atoms with Gasteiger partial charge in [-0.05, 0) is 91.4 Å². The monoisotopic (exact) mass is 1040 g/mol. The molecule has 0 aliphatic carbocycles. The summed E-state index contributed by atoms with van der Waals surface area (Å²) in [7, 11) is -7.39. The fourth-order valence-electron chi connectivity index (χ4n) is 8.28. The minimum absolute atomic E-state index is 0. The van der Waals surface area contributed by atoms with Crippen LogP contribution in [0, 0.1) is 18.7 Å². The van der Waals surface area contributed by atoms with Crippen LogP contribution < -0.4 is 26.0 Å². The van der Waals surface area contributed by atoms with Gasteiger partial charge in [-0.25, -0.2) is 9.37 Å². The number of hydrogen-bond donors (Lipinski definition) is 4. The number of carbonyl (C=O) groups excluding carboxylic acids is 1. The summed E-state index contributed by atoms with van der Waals surface area (Å²) in [5.74, 6) is 0.206. The summed E-state index contributed by atoms with van der Waals surface area (Å²) in [5, 5.41) is 2.76. The standard InChI is InChI=1S/C41H42FN5O7.C10H8O6S2.H2O/c1-25-3-7-36(44-18-25)33-21-47(20-26-9-11-51-12-10-26)22-34(39(33)48)41(49)46-29-5-6-31(35(42)17-29)32-15-28(19-45-40(32)43)27-4-8-37(38(16-27)50-2)54-24-30-23-52-13-14-53-30;11-17(12,13)9-5-1-3-7-8(9)4-2-6-10(7)18(14,15)16;/h3-8,15-19,21-22,26,30H,9-14,20,23-24H2,1-2H3,(H2,43,45)(H,46,49);1-6H,(H,11,12,13)(H,14,15,16);1H2/t30-;;/m1../s1. The molecule has 0 spiro atoms. The number of fused-ring (bicyclic) bond motifs is 1. The molecule has 384 valence electrons. The summed E-state index contributed by atoms with van der Waals surface area (Å²) in [6, 6.07) is 22.6. The van der Waals surface area contributed by atoms with Gasteiger partial charge in [-0.15, -0.1) is 0 Å². The van der Waals surface area contributed by atoms with Crippen molar-refractivity contribution in [1.29, 1.82) is 0 Å². The molecule has 9 rings (SSSR count). The zero-order valence-electron chi connectivity index (χ0n) is 39.5. The Bertz CT molecular complexity index is 3350. The highest BCUT2D eigenvalue weighted by Crippen LogP contribution is 2.37. The summed E-state index contributed by atoms with van der Waals surface area (Å²) in [6.45, 7) is 5.72.